The van der Waals surface area contributed by atoms with Gasteiger partial charge in [0.2, 0.25) is 0 Å². The van der Waals surface area contributed by atoms with E-state index in [0.717, 1.165) is 5.69 Å². The molecule has 2 amide bonds. The van der Waals surface area contributed by atoms with Gasteiger partial charge in [-0.1, -0.05) is 6.07 Å². The lowest BCUT2D eigenvalue weighted by Crippen LogP contribution is -2.43. The molecule has 1 aromatic carbocycles. The van der Waals surface area contributed by atoms with Crippen molar-refractivity contribution in [3.05, 3.63) is 40.8 Å². The molecule has 1 aliphatic rings. The van der Waals surface area contributed by atoms with Crippen LogP contribution in [0, 0.1) is 0 Å². The van der Waals surface area contributed by atoms with Gasteiger partial charge in [0.1, 0.15) is 12.4 Å². The molecule has 0 radical (unpaired) electrons. The fourth-order valence-electron chi connectivity index (χ4n) is 2.10. The summed E-state index contributed by atoms with van der Waals surface area (Å²) >= 11 is 1.54. The van der Waals surface area contributed by atoms with Gasteiger partial charge >= 0.3 is 6.03 Å². The first-order valence-electron chi connectivity index (χ1n) is 7.05. The predicted molar refractivity (Wildman–Crippen MR) is 84.3 cm³/mol. The van der Waals surface area contributed by atoms with Crippen LogP contribution in [0.25, 0.3) is 0 Å². The van der Waals surface area contributed by atoms with Gasteiger partial charge in [-0.05, 0) is 12.1 Å². The molecule has 6 nitrogen and oxygen atoms in total. The molecule has 3 rings (SSSR count). The summed E-state index contributed by atoms with van der Waals surface area (Å²) in [5.41, 5.74) is 3.39. The molecular formula is C15H17N3O3S. The predicted octanol–water partition coefficient (Wildman–Crippen LogP) is 2.59. The van der Waals surface area contributed by atoms with E-state index in [1.807, 2.05) is 29.6 Å². The lowest BCUT2D eigenvalue weighted by molar-refractivity contribution is 0.0564. The smallest absolute Gasteiger partial charge is 0.322 e. The van der Waals surface area contributed by atoms with E-state index in [0.29, 0.717) is 44.3 Å². The van der Waals surface area contributed by atoms with E-state index in [1.54, 1.807) is 10.4 Å². The molecule has 116 valence electrons. The number of nitrogens with zero attached hydrogens (tertiary/aromatic N) is 2. The van der Waals surface area contributed by atoms with Gasteiger partial charge in [-0.3, -0.25) is 0 Å². The highest BCUT2D eigenvalue weighted by molar-refractivity contribution is 7.07. The number of thiazole rings is 1. The van der Waals surface area contributed by atoms with Crippen molar-refractivity contribution in [1.29, 1.82) is 0 Å². The van der Waals surface area contributed by atoms with Crippen LogP contribution in [0.15, 0.2) is 35.2 Å². The van der Waals surface area contributed by atoms with Crippen LogP contribution in [-0.2, 0) is 11.3 Å². The van der Waals surface area contributed by atoms with Crippen LogP contribution in [0.3, 0.4) is 0 Å². The Morgan fingerprint density at radius 1 is 1.41 bits per heavy atom. The van der Waals surface area contributed by atoms with E-state index in [4.69, 9.17) is 9.47 Å². The Bertz CT molecular complexity index is 612. The third-order valence-electron chi connectivity index (χ3n) is 3.25. The Kier molecular flexibility index (Phi) is 4.87. The van der Waals surface area contributed by atoms with Crippen molar-refractivity contribution in [2.45, 2.75) is 6.61 Å². The van der Waals surface area contributed by atoms with E-state index in [2.05, 4.69) is 10.3 Å². The summed E-state index contributed by atoms with van der Waals surface area (Å²) in [5, 5.41) is 4.83. The Morgan fingerprint density at radius 3 is 3.05 bits per heavy atom. The molecule has 0 spiro atoms. The first-order chi connectivity index (χ1) is 10.8. The Morgan fingerprint density at radius 2 is 2.27 bits per heavy atom. The van der Waals surface area contributed by atoms with Crippen molar-refractivity contribution in [3.8, 4) is 5.75 Å². The van der Waals surface area contributed by atoms with Crippen molar-refractivity contribution in [2.24, 2.45) is 0 Å². The van der Waals surface area contributed by atoms with Gasteiger partial charge in [0.15, 0.2) is 0 Å². The minimum Gasteiger partial charge on any atom is -0.487 e. The highest BCUT2D eigenvalue weighted by Crippen LogP contribution is 2.19. The molecular weight excluding hydrogens is 302 g/mol. The molecule has 22 heavy (non-hydrogen) atoms. The highest BCUT2D eigenvalue weighted by atomic mass is 32.1. The van der Waals surface area contributed by atoms with E-state index in [1.165, 1.54) is 11.3 Å². The minimum atomic E-state index is -0.111. The molecule has 0 atom stereocenters. The molecule has 1 aliphatic heterocycles. The summed E-state index contributed by atoms with van der Waals surface area (Å²) in [6, 6.07) is 7.25. The van der Waals surface area contributed by atoms with Crippen LogP contribution >= 0.6 is 11.3 Å². The van der Waals surface area contributed by atoms with E-state index in [-0.39, 0.29) is 6.03 Å². The lowest BCUT2D eigenvalue weighted by atomic mass is 10.3. The molecule has 0 bridgehead atoms. The molecule has 1 fully saturated rings. The monoisotopic (exact) mass is 319 g/mol. The minimum absolute atomic E-state index is 0.111. The Balaban J connectivity index is 1.57. The van der Waals surface area contributed by atoms with Crippen LogP contribution in [0.5, 0.6) is 5.75 Å². The maximum Gasteiger partial charge on any atom is 0.322 e. The zero-order valence-electron chi connectivity index (χ0n) is 12.0. The molecule has 1 N–H and O–H groups in total. The zero-order valence-corrected chi connectivity index (χ0v) is 12.8. The number of amides is 2. The Hall–Kier alpha value is -2.12. The number of hydrogen-bond donors (Lipinski definition) is 1. The van der Waals surface area contributed by atoms with Crippen molar-refractivity contribution in [3.63, 3.8) is 0 Å². The largest absolute Gasteiger partial charge is 0.487 e. The number of morpholine rings is 1. The van der Waals surface area contributed by atoms with Crippen molar-refractivity contribution >= 4 is 23.1 Å². The fraction of sp³-hybridized carbons (Fsp3) is 0.333. The quantitative estimate of drug-likeness (QED) is 0.941. The third-order valence-corrected chi connectivity index (χ3v) is 3.89. The number of nitrogens with one attached hydrogen (secondary N) is 1. The second-order valence-corrected chi connectivity index (χ2v) is 5.54. The number of ether oxygens (including phenoxy) is 2. The third kappa shape index (κ3) is 3.96. The van der Waals surface area contributed by atoms with Crippen molar-refractivity contribution in [2.75, 3.05) is 31.6 Å². The normalized spacial score (nSPS) is 14.6. The van der Waals surface area contributed by atoms with Crippen molar-refractivity contribution < 1.29 is 14.3 Å². The summed E-state index contributed by atoms with van der Waals surface area (Å²) in [6.07, 6.45) is 0. The summed E-state index contributed by atoms with van der Waals surface area (Å²) in [6.45, 7) is 2.83. The van der Waals surface area contributed by atoms with Gasteiger partial charge in [-0.15, -0.1) is 11.3 Å². The number of anilines is 1. The van der Waals surface area contributed by atoms with Gasteiger partial charge < -0.3 is 19.7 Å². The van der Waals surface area contributed by atoms with Gasteiger partial charge in [0.25, 0.3) is 0 Å². The molecule has 0 aliphatic carbocycles. The van der Waals surface area contributed by atoms with Crippen LogP contribution in [0.2, 0.25) is 0 Å². The molecule has 0 unspecified atom stereocenters. The van der Waals surface area contributed by atoms with Gasteiger partial charge in [0, 0.05) is 30.2 Å². The standard InChI is InChI=1S/C15H17N3O3S/c19-15(18-4-6-20-7-5-18)17-12-2-1-3-14(8-12)21-9-13-10-22-11-16-13/h1-3,8,10-11H,4-7,9H2,(H,17,19). The number of aromatic nitrogens is 1. The average Bonchev–Trinajstić information content (AvgIpc) is 3.08. The molecule has 1 aromatic heterocycles. The molecule has 0 saturated carbocycles. The summed E-state index contributed by atoms with van der Waals surface area (Å²) in [5.74, 6) is 0.702. The zero-order chi connectivity index (χ0) is 15.2. The van der Waals surface area contributed by atoms with E-state index >= 15 is 0 Å². The van der Waals surface area contributed by atoms with Gasteiger partial charge in [-0.2, -0.15) is 0 Å². The second kappa shape index (κ2) is 7.24. The molecule has 1 saturated heterocycles. The van der Waals surface area contributed by atoms with Crippen LogP contribution in [-0.4, -0.2) is 42.2 Å². The number of benzene rings is 1. The number of hydrogen-bond acceptors (Lipinski definition) is 5. The summed E-state index contributed by atoms with van der Waals surface area (Å²) in [4.78, 5) is 18.0. The molecule has 2 heterocycles. The van der Waals surface area contributed by atoms with E-state index in [9.17, 15) is 4.79 Å². The Labute approximate surface area is 132 Å². The topological polar surface area (TPSA) is 63.7 Å². The van der Waals surface area contributed by atoms with Crippen LogP contribution in [0.1, 0.15) is 5.69 Å². The SMILES string of the molecule is O=C(Nc1cccc(OCc2cscn2)c1)N1CCOCC1. The lowest BCUT2D eigenvalue weighted by Gasteiger charge is -2.26. The fourth-order valence-corrected chi connectivity index (χ4v) is 2.64. The number of carbonyl (C=O) groups excluding carboxylic acids is 1. The number of urea groups is 1. The van der Waals surface area contributed by atoms with Gasteiger partial charge in [-0.25, -0.2) is 9.78 Å². The van der Waals surface area contributed by atoms with E-state index < -0.39 is 0 Å². The summed E-state index contributed by atoms with van der Waals surface area (Å²) < 4.78 is 10.9. The summed E-state index contributed by atoms with van der Waals surface area (Å²) in [7, 11) is 0. The molecule has 7 heteroatoms. The maximum atomic E-state index is 12.1. The highest BCUT2D eigenvalue weighted by Gasteiger charge is 2.16. The van der Waals surface area contributed by atoms with Crippen LogP contribution < -0.4 is 10.1 Å². The first-order valence-corrected chi connectivity index (χ1v) is 7.99. The first kappa shape index (κ1) is 14.8. The number of rotatable bonds is 4. The van der Waals surface area contributed by atoms with Crippen molar-refractivity contribution in [1.82, 2.24) is 9.88 Å². The number of carbonyl (C=O) groups is 1. The second-order valence-electron chi connectivity index (χ2n) is 4.83. The van der Waals surface area contributed by atoms with Gasteiger partial charge in [0.05, 0.1) is 24.4 Å². The maximum absolute atomic E-state index is 12.1. The van der Waals surface area contributed by atoms with Crippen LogP contribution in [0.4, 0.5) is 10.5 Å². The molecule has 2 aromatic rings. The average molecular weight is 319 g/mol.